The standard InChI is InChI=1S/C12H19ClN2O/c1-9(2)15(7-8-16-3)12-10(13)5-4-6-11(12)14/h4-6,9H,7-8,14H2,1-3H3. The maximum absolute atomic E-state index is 6.18. The molecule has 0 fully saturated rings. The van der Waals surface area contributed by atoms with E-state index in [4.69, 9.17) is 22.1 Å². The molecule has 0 saturated carbocycles. The number of nitrogens with two attached hydrogens (primary N) is 1. The minimum Gasteiger partial charge on any atom is -0.397 e. The van der Waals surface area contributed by atoms with Gasteiger partial charge in [0.15, 0.2) is 0 Å². The molecule has 1 aromatic rings. The van der Waals surface area contributed by atoms with Crippen LogP contribution in [-0.2, 0) is 4.74 Å². The van der Waals surface area contributed by atoms with Crippen molar-refractivity contribution in [2.75, 3.05) is 30.9 Å². The first-order valence-electron chi connectivity index (χ1n) is 5.37. The van der Waals surface area contributed by atoms with Crippen LogP contribution in [0.2, 0.25) is 5.02 Å². The average Bonchev–Trinajstić information content (AvgIpc) is 2.21. The zero-order chi connectivity index (χ0) is 12.1. The van der Waals surface area contributed by atoms with E-state index in [0.29, 0.717) is 23.4 Å². The summed E-state index contributed by atoms with van der Waals surface area (Å²) in [7, 11) is 1.69. The van der Waals surface area contributed by atoms with E-state index in [0.717, 1.165) is 12.2 Å². The first-order valence-corrected chi connectivity index (χ1v) is 5.75. The predicted molar refractivity (Wildman–Crippen MR) is 70.2 cm³/mol. The molecule has 2 N–H and O–H groups in total. The van der Waals surface area contributed by atoms with Gasteiger partial charge >= 0.3 is 0 Å². The van der Waals surface area contributed by atoms with Gasteiger partial charge in [-0.15, -0.1) is 0 Å². The highest BCUT2D eigenvalue weighted by molar-refractivity contribution is 6.34. The van der Waals surface area contributed by atoms with Crippen LogP contribution < -0.4 is 10.6 Å². The lowest BCUT2D eigenvalue weighted by Gasteiger charge is -2.30. The van der Waals surface area contributed by atoms with Gasteiger partial charge in [-0.25, -0.2) is 0 Å². The number of halogens is 1. The van der Waals surface area contributed by atoms with Crippen LogP contribution in [0.25, 0.3) is 0 Å². The fraction of sp³-hybridized carbons (Fsp3) is 0.500. The summed E-state index contributed by atoms with van der Waals surface area (Å²) >= 11 is 6.18. The summed E-state index contributed by atoms with van der Waals surface area (Å²) in [5, 5.41) is 0.685. The Balaban J connectivity index is 3.00. The van der Waals surface area contributed by atoms with Crippen LogP contribution in [0.1, 0.15) is 13.8 Å². The Morgan fingerprint density at radius 3 is 2.62 bits per heavy atom. The first kappa shape index (κ1) is 13.1. The molecule has 0 heterocycles. The number of nitrogens with zero attached hydrogens (tertiary/aromatic N) is 1. The maximum atomic E-state index is 6.18. The lowest BCUT2D eigenvalue weighted by Crippen LogP contribution is -2.34. The molecule has 0 spiro atoms. The van der Waals surface area contributed by atoms with Crippen molar-refractivity contribution in [2.45, 2.75) is 19.9 Å². The molecule has 90 valence electrons. The van der Waals surface area contributed by atoms with Crippen molar-refractivity contribution in [3.63, 3.8) is 0 Å². The Bertz CT molecular complexity index is 322. The molecule has 0 atom stereocenters. The van der Waals surface area contributed by atoms with Crippen LogP contribution in [0.5, 0.6) is 0 Å². The molecule has 0 aliphatic carbocycles. The van der Waals surface area contributed by atoms with Crippen molar-refractivity contribution in [1.82, 2.24) is 0 Å². The molecule has 0 aliphatic heterocycles. The summed E-state index contributed by atoms with van der Waals surface area (Å²) in [6.07, 6.45) is 0. The molecule has 0 unspecified atom stereocenters. The number of hydrogen-bond acceptors (Lipinski definition) is 3. The third-order valence-electron chi connectivity index (χ3n) is 2.46. The average molecular weight is 243 g/mol. The summed E-state index contributed by atoms with van der Waals surface area (Å²) < 4.78 is 5.10. The van der Waals surface area contributed by atoms with E-state index < -0.39 is 0 Å². The highest BCUT2D eigenvalue weighted by Crippen LogP contribution is 2.32. The Morgan fingerprint density at radius 1 is 1.44 bits per heavy atom. The second kappa shape index (κ2) is 5.97. The summed E-state index contributed by atoms with van der Waals surface area (Å²) in [5.74, 6) is 0. The number of rotatable bonds is 5. The van der Waals surface area contributed by atoms with Crippen LogP contribution >= 0.6 is 11.6 Å². The SMILES string of the molecule is COCCN(c1c(N)cccc1Cl)C(C)C. The predicted octanol–water partition coefficient (Wildman–Crippen LogP) is 2.78. The number of anilines is 2. The van der Waals surface area contributed by atoms with Crippen LogP contribution in [0, 0.1) is 0 Å². The summed E-state index contributed by atoms with van der Waals surface area (Å²) in [4.78, 5) is 2.15. The van der Waals surface area contributed by atoms with Gasteiger partial charge in [-0.3, -0.25) is 0 Å². The van der Waals surface area contributed by atoms with Crippen molar-refractivity contribution >= 4 is 23.0 Å². The van der Waals surface area contributed by atoms with Crippen molar-refractivity contribution in [3.05, 3.63) is 23.2 Å². The largest absolute Gasteiger partial charge is 0.397 e. The molecule has 16 heavy (non-hydrogen) atoms. The lowest BCUT2D eigenvalue weighted by atomic mass is 10.2. The summed E-state index contributed by atoms with van der Waals surface area (Å²) in [6, 6.07) is 5.91. The maximum Gasteiger partial charge on any atom is 0.0792 e. The van der Waals surface area contributed by atoms with Gasteiger partial charge < -0.3 is 15.4 Å². The van der Waals surface area contributed by atoms with Crippen LogP contribution in [0.4, 0.5) is 11.4 Å². The number of hydrogen-bond donors (Lipinski definition) is 1. The van der Waals surface area contributed by atoms with Gasteiger partial charge in [0.25, 0.3) is 0 Å². The molecule has 0 radical (unpaired) electrons. The third kappa shape index (κ3) is 3.03. The van der Waals surface area contributed by atoms with Crippen LogP contribution in [-0.4, -0.2) is 26.3 Å². The lowest BCUT2D eigenvalue weighted by molar-refractivity contribution is 0.204. The molecule has 0 bridgehead atoms. The number of methoxy groups -OCH3 is 1. The van der Waals surface area contributed by atoms with Gasteiger partial charge in [-0.05, 0) is 26.0 Å². The number of benzene rings is 1. The molecule has 0 saturated heterocycles. The zero-order valence-electron chi connectivity index (χ0n) is 10.0. The molecule has 4 heteroatoms. The normalized spacial score (nSPS) is 10.8. The smallest absolute Gasteiger partial charge is 0.0792 e. The van der Waals surface area contributed by atoms with Crippen molar-refractivity contribution in [2.24, 2.45) is 0 Å². The second-order valence-electron chi connectivity index (χ2n) is 3.96. The molecule has 3 nitrogen and oxygen atoms in total. The highest BCUT2D eigenvalue weighted by atomic mass is 35.5. The topological polar surface area (TPSA) is 38.5 Å². The molecular weight excluding hydrogens is 224 g/mol. The van der Waals surface area contributed by atoms with E-state index in [2.05, 4.69) is 18.7 Å². The fourth-order valence-electron chi connectivity index (χ4n) is 1.65. The van der Waals surface area contributed by atoms with E-state index in [-0.39, 0.29) is 0 Å². The van der Waals surface area contributed by atoms with Gasteiger partial charge in [0, 0.05) is 19.7 Å². The fourth-order valence-corrected chi connectivity index (χ4v) is 1.94. The highest BCUT2D eigenvalue weighted by Gasteiger charge is 2.16. The van der Waals surface area contributed by atoms with Gasteiger partial charge in [-0.1, -0.05) is 17.7 Å². The quantitative estimate of drug-likeness (QED) is 0.807. The Hall–Kier alpha value is -0.930. The van der Waals surface area contributed by atoms with E-state index in [1.165, 1.54) is 0 Å². The monoisotopic (exact) mass is 242 g/mol. The molecule has 0 aromatic heterocycles. The number of nitrogen functional groups attached to an aromatic ring is 1. The van der Waals surface area contributed by atoms with Gasteiger partial charge in [0.1, 0.15) is 0 Å². The molecular formula is C12H19ClN2O. The minimum atomic E-state index is 0.331. The van der Waals surface area contributed by atoms with Gasteiger partial charge in [0.05, 0.1) is 23.0 Å². The Kier molecular flexibility index (Phi) is 4.90. The van der Waals surface area contributed by atoms with Crippen molar-refractivity contribution in [1.29, 1.82) is 0 Å². The Morgan fingerprint density at radius 2 is 2.12 bits per heavy atom. The van der Waals surface area contributed by atoms with Crippen LogP contribution in [0.3, 0.4) is 0 Å². The molecule has 0 amide bonds. The third-order valence-corrected chi connectivity index (χ3v) is 2.77. The van der Waals surface area contributed by atoms with Crippen molar-refractivity contribution < 1.29 is 4.74 Å². The molecule has 1 aromatic carbocycles. The summed E-state index contributed by atoms with van der Waals surface area (Å²) in [6.45, 7) is 5.65. The van der Waals surface area contributed by atoms with Crippen LogP contribution in [0.15, 0.2) is 18.2 Å². The number of ether oxygens (including phenoxy) is 1. The first-order chi connectivity index (χ1) is 7.57. The Labute approximate surface area is 102 Å². The van der Waals surface area contributed by atoms with E-state index in [9.17, 15) is 0 Å². The van der Waals surface area contributed by atoms with E-state index in [1.807, 2.05) is 18.2 Å². The van der Waals surface area contributed by atoms with Gasteiger partial charge in [0.2, 0.25) is 0 Å². The van der Waals surface area contributed by atoms with E-state index in [1.54, 1.807) is 7.11 Å². The minimum absolute atomic E-state index is 0.331. The molecule has 1 rings (SSSR count). The summed E-state index contributed by atoms with van der Waals surface area (Å²) in [5.41, 5.74) is 7.57. The molecule has 0 aliphatic rings. The van der Waals surface area contributed by atoms with E-state index >= 15 is 0 Å². The van der Waals surface area contributed by atoms with Gasteiger partial charge in [-0.2, -0.15) is 0 Å². The zero-order valence-corrected chi connectivity index (χ0v) is 10.8. The second-order valence-corrected chi connectivity index (χ2v) is 4.36. The van der Waals surface area contributed by atoms with Crippen molar-refractivity contribution in [3.8, 4) is 0 Å². The number of para-hydroxylation sites is 1.